The number of nitrogens with one attached hydrogen (secondary N) is 2. The zero-order valence-corrected chi connectivity index (χ0v) is 14.1. The second-order valence-corrected chi connectivity index (χ2v) is 5.95. The van der Waals surface area contributed by atoms with Gasteiger partial charge in [0.25, 0.3) is 5.91 Å². The summed E-state index contributed by atoms with van der Waals surface area (Å²) in [6.07, 6.45) is 0. The van der Waals surface area contributed by atoms with Crippen LogP contribution in [0, 0.1) is 13.8 Å². The van der Waals surface area contributed by atoms with Gasteiger partial charge in [0.15, 0.2) is 0 Å². The van der Waals surface area contributed by atoms with E-state index in [0.29, 0.717) is 16.3 Å². The topological polar surface area (TPSA) is 58.2 Å². The lowest BCUT2D eigenvalue weighted by atomic mass is 10.1. The van der Waals surface area contributed by atoms with Gasteiger partial charge in [0.05, 0.1) is 0 Å². The number of hydrogen-bond donors (Lipinski definition) is 2. The SMILES string of the molecule is Cc1cccc(C(=O)N[C@@H](C)C(=O)Nc2cc(Cl)ccc2C)c1. The monoisotopic (exact) mass is 330 g/mol. The lowest BCUT2D eigenvalue weighted by molar-refractivity contribution is -0.117. The molecule has 0 saturated carbocycles. The molecule has 2 N–H and O–H groups in total. The fourth-order valence-corrected chi connectivity index (χ4v) is 2.27. The van der Waals surface area contributed by atoms with Crippen LogP contribution in [0.25, 0.3) is 0 Å². The van der Waals surface area contributed by atoms with Crippen LogP contribution < -0.4 is 10.6 Å². The predicted octanol–water partition coefficient (Wildman–Crippen LogP) is 3.71. The average Bonchev–Trinajstić information content (AvgIpc) is 2.50. The van der Waals surface area contributed by atoms with Gasteiger partial charge in [-0.15, -0.1) is 0 Å². The van der Waals surface area contributed by atoms with Crippen molar-refractivity contribution in [3.05, 3.63) is 64.2 Å². The van der Waals surface area contributed by atoms with Crippen LogP contribution in [-0.2, 0) is 4.79 Å². The Kier molecular flexibility index (Phi) is 5.40. The summed E-state index contributed by atoms with van der Waals surface area (Å²) < 4.78 is 0. The highest BCUT2D eigenvalue weighted by Gasteiger charge is 2.17. The summed E-state index contributed by atoms with van der Waals surface area (Å²) in [6, 6.07) is 11.8. The minimum atomic E-state index is -0.665. The lowest BCUT2D eigenvalue weighted by Crippen LogP contribution is -2.41. The van der Waals surface area contributed by atoms with Crippen molar-refractivity contribution in [2.24, 2.45) is 0 Å². The first-order valence-corrected chi connectivity index (χ1v) is 7.69. The fraction of sp³-hybridized carbons (Fsp3) is 0.222. The Morgan fingerprint density at radius 3 is 2.52 bits per heavy atom. The van der Waals surface area contributed by atoms with Gasteiger partial charge in [0.2, 0.25) is 5.91 Å². The molecule has 0 radical (unpaired) electrons. The first kappa shape index (κ1) is 17.0. The van der Waals surface area contributed by atoms with Gasteiger partial charge in [0, 0.05) is 16.3 Å². The van der Waals surface area contributed by atoms with Crippen LogP contribution in [0.5, 0.6) is 0 Å². The van der Waals surface area contributed by atoms with Crippen molar-refractivity contribution in [2.75, 3.05) is 5.32 Å². The van der Waals surface area contributed by atoms with Crippen molar-refractivity contribution in [1.82, 2.24) is 5.32 Å². The zero-order valence-electron chi connectivity index (χ0n) is 13.3. The quantitative estimate of drug-likeness (QED) is 0.897. The van der Waals surface area contributed by atoms with Crippen LogP contribution in [-0.4, -0.2) is 17.9 Å². The first-order chi connectivity index (χ1) is 10.9. The largest absolute Gasteiger partial charge is 0.341 e. The first-order valence-electron chi connectivity index (χ1n) is 7.31. The number of rotatable bonds is 4. The molecule has 4 nitrogen and oxygen atoms in total. The molecule has 0 spiro atoms. The maximum absolute atomic E-state index is 12.2. The van der Waals surface area contributed by atoms with Gasteiger partial charge in [-0.3, -0.25) is 9.59 Å². The molecule has 23 heavy (non-hydrogen) atoms. The van der Waals surface area contributed by atoms with Gasteiger partial charge < -0.3 is 10.6 Å². The van der Waals surface area contributed by atoms with E-state index in [9.17, 15) is 9.59 Å². The Hall–Kier alpha value is -2.33. The van der Waals surface area contributed by atoms with E-state index >= 15 is 0 Å². The van der Waals surface area contributed by atoms with Crippen LogP contribution in [0.4, 0.5) is 5.69 Å². The van der Waals surface area contributed by atoms with E-state index in [-0.39, 0.29) is 11.8 Å². The third-order valence-electron chi connectivity index (χ3n) is 3.48. The van der Waals surface area contributed by atoms with Crippen molar-refractivity contribution in [3.63, 3.8) is 0 Å². The van der Waals surface area contributed by atoms with Gasteiger partial charge in [-0.05, 0) is 50.6 Å². The molecule has 0 bridgehead atoms. The van der Waals surface area contributed by atoms with Crippen molar-refractivity contribution >= 4 is 29.1 Å². The fourth-order valence-electron chi connectivity index (χ4n) is 2.10. The highest BCUT2D eigenvalue weighted by atomic mass is 35.5. The van der Waals surface area contributed by atoms with Gasteiger partial charge in [0.1, 0.15) is 6.04 Å². The van der Waals surface area contributed by atoms with E-state index in [4.69, 9.17) is 11.6 Å². The van der Waals surface area contributed by atoms with E-state index in [1.807, 2.05) is 32.0 Å². The highest BCUT2D eigenvalue weighted by Crippen LogP contribution is 2.20. The average molecular weight is 331 g/mol. The minimum absolute atomic E-state index is 0.279. The van der Waals surface area contributed by atoms with E-state index in [0.717, 1.165) is 11.1 Å². The molecule has 2 rings (SSSR count). The smallest absolute Gasteiger partial charge is 0.251 e. The Morgan fingerprint density at radius 1 is 1.09 bits per heavy atom. The second kappa shape index (κ2) is 7.29. The zero-order chi connectivity index (χ0) is 17.0. The van der Waals surface area contributed by atoms with E-state index in [2.05, 4.69) is 10.6 Å². The third kappa shape index (κ3) is 4.57. The molecule has 0 fully saturated rings. The molecule has 0 aliphatic carbocycles. The molecule has 0 saturated heterocycles. The molecule has 0 unspecified atom stereocenters. The van der Waals surface area contributed by atoms with Crippen LogP contribution in [0.3, 0.4) is 0 Å². The van der Waals surface area contributed by atoms with Gasteiger partial charge in [-0.25, -0.2) is 0 Å². The molecular formula is C18H19ClN2O2. The van der Waals surface area contributed by atoms with E-state index in [1.165, 1.54) is 0 Å². The van der Waals surface area contributed by atoms with Crippen LogP contribution in [0.2, 0.25) is 5.02 Å². The minimum Gasteiger partial charge on any atom is -0.341 e. The van der Waals surface area contributed by atoms with Crippen LogP contribution >= 0.6 is 11.6 Å². The maximum atomic E-state index is 12.2. The normalized spacial score (nSPS) is 11.7. The highest BCUT2D eigenvalue weighted by molar-refractivity contribution is 6.31. The number of aryl methyl sites for hydroxylation is 2. The van der Waals surface area contributed by atoms with Crippen molar-refractivity contribution in [3.8, 4) is 0 Å². The van der Waals surface area contributed by atoms with Crippen LogP contribution in [0.15, 0.2) is 42.5 Å². The van der Waals surface area contributed by atoms with Crippen LogP contribution in [0.1, 0.15) is 28.4 Å². The number of halogens is 1. The molecule has 2 amide bonds. The second-order valence-electron chi connectivity index (χ2n) is 5.51. The molecule has 0 heterocycles. The molecule has 1 atom stereocenters. The summed E-state index contributed by atoms with van der Waals surface area (Å²) >= 11 is 5.94. The molecule has 120 valence electrons. The number of carbonyl (C=O) groups excluding carboxylic acids is 2. The van der Waals surface area contributed by atoms with Crippen molar-refractivity contribution in [1.29, 1.82) is 0 Å². The summed E-state index contributed by atoms with van der Waals surface area (Å²) in [7, 11) is 0. The van der Waals surface area contributed by atoms with Gasteiger partial charge in [-0.1, -0.05) is 35.4 Å². The van der Waals surface area contributed by atoms with Gasteiger partial charge >= 0.3 is 0 Å². The number of carbonyl (C=O) groups is 2. The number of amides is 2. The summed E-state index contributed by atoms with van der Waals surface area (Å²) in [4.78, 5) is 24.4. The van der Waals surface area contributed by atoms with Gasteiger partial charge in [-0.2, -0.15) is 0 Å². The molecule has 0 aliphatic heterocycles. The van der Waals surface area contributed by atoms with E-state index in [1.54, 1.807) is 31.2 Å². The lowest BCUT2D eigenvalue weighted by Gasteiger charge is -2.15. The summed E-state index contributed by atoms with van der Waals surface area (Å²) in [5.74, 6) is -0.574. The Balaban J connectivity index is 2.02. The molecular weight excluding hydrogens is 312 g/mol. The summed E-state index contributed by atoms with van der Waals surface area (Å²) in [5, 5.41) is 6.02. The predicted molar refractivity (Wildman–Crippen MR) is 92.9 cm³/mol. The number of hydrogen-bond acceptors (Lipinski definition) is 2. The molecule has 2 aromatic rings. The third-order valence-corrected chi connectivity index (χ3v) is 3.71. The van der Waals surface area contributed by atoms with E-state index < -0.39 is 6.04 Å². The maximum Gasteiger partial charge on any atom is 0.251 e. The number of anilines is 1. The molecule has 0 aliphatic rings. The van der Waals surface area contributed by atoms with Crippen molar-refractivity contribution in [2.45, 2.75) is 26.8 Å². The number of benzene rings is 2. The summed E-state index contributed by atoms with van der Waals surface area (Å²) in [6.45, 7) is 5.43. The Morgan fingerprint density at radius 2 is 1.83 bits per heavy atom. The Bertz CT molecular complexity index is 744. The standard InChI is InChI=1S/C18H19ClN2O2/c1-11-5-4-6-14(9-11)18(23)20-13(3)17(22)21-16-10-15(19)8-7-12(16)2/h4-10,13H,1-3H3,(H,20,23)(H,21,22)/t13-/m0/s1. The molecule has 5 heteroatoms. The van der Waals surface area contributed by atoms with Crippen molar-refractivity contribution < 1.29 is 9.59 Å². The Labute approximate surface area is 140 Å². The molecule has 2 aromatic carbocycles. The molecule has 0 aromatic heterocycles. The summed E-state index contributed by atoms with van der Waals surface area (Å²) in [5.41, 5.74) is 3.06.